The van der Waals surface area contributed by atoms with Crippen molar-refractivity contribution < 1.29 is 4.74 Å². The fourth-order valence-electron chi connectivity index (χ4n) is 2.95. The summed E-state index contributed by atoms with van der Waals surface area (Å²) in [5.41, 5.74) is 0. The molecule has 0 radical (unpaired) electrons. The zero-order chi connectivity index (χ0) is 18.5. The van der Waals surface area contributed by atoms with E-state index >= 15 is 0 Å². The van der Waals surface area contributed by atoms with Gasteiger partial charge in [0.05, 0.1) is 0 Å². The van der Waals surface area contributed by atoms with Crippen molar-refractivity contribution in [2.45, 2.75) is 16.2 Å². The van der Waals surface area contributed by atoms with Crippen molar-refractivity contribution in [1.82, 2.24) is 0 Å². The SMILES string of the molecule is S=C1C=C(Oc2ccccc2)C([S+](c2ccccc2)c2ccccc2)=CC1. The zero-order valence-electron chi connectivity index (χ0n) is 14.7. The van der Waals surface area contributed by atoms with Gasteiger partial charge in [0.15, 0.2) is 15.6 Å². The molecule has 0 heterocycles. The highest BCUT2D eigenvalue weighted by atomic mass is 32.2. The van der Waals surface area contributed by atoms with Crippen LogP contribution in [0.25, 0.3) is 0 Å². The highest BCUT2D eigenvalue weighted by Crippen LogP contribution is 2.37. The standard InChI is InChI=1S/C24H19OS2/c26-20-16-17-24(23(18-20)25-19-10-4-1-5-11-19)27(21-12-6-2-7-13-21)22-14-8-3-9-15-22/h1-15,17-18H,16H2/q+1. The summed E-state index contributed by atoms with van der Waals surface area (Å²) in [5, 5.41) is 0. The minimum atomic E-state index is -0.248. The third kappa shape index (κ3) is 4.21. The Morgan fingerprint density at radius 1 is 0.704 bits per heavy atom. The fourth-order valence-corrected chi connectivity index (χ4v) is 5.33. The van der Waals surface area contributed by atoms with Gasteiger partial charge in [-0.3, -0.25) is 0 Å². The van der Waals surface area contributed by atoms with Crippen LogP contribution in [0.4, 0.5) is 0 Å². The quantitative estimate of drug-likeness (QED) is 0.373. The van der Waals surface area contributed by atoms with Gasteiger partial charge in [-0.25, -0.2) is 0 Å². The molecule has 4 rings (SSSR count). The summed E-state index contributed by atoms with van der Waals surface area (Å²) < 4.78 is 6.27. The van der Waals surface area contributed by atoms with Crippen LogP contribution in [0.2, 0.25) is 0 Å². The molecule has 1 aliphatic carbocycles. The van der Waals surface area contributed by atoms with Crippen LogP contribution in [0.3, 0.4) is 0 Å². The molecule has 1 nitrogen and oxygen atoms in total. The number of benzene rings is 3. The van der Waals surface area contributed by atoms with Gasteiger partial charge in [0.1, 0.15) is 16.6 Å². The Labute approximate surface area is 168 Å². The molecular formula is C24H19OS2+. The van der Waals surface area contributed by atoms with E-state index in [-0.39, 0.29) is 10.9 Å². The molecule has 0 amide bonds. The molecule has 3 heteroatoms. The van der Waals surface area contributed by atoms with Crippen LogP contribution >= 0.6 is 12.2 Å². The smallest absolute Gasteiger partial charge is 0.205 e. The van der Waals surface area contributed by atoms with Crippen molar-refractivity contribution in [2.75, 3.05) is 0 Å². The number of para-hydroxylation sites is 1. The van der Waals surface area contributed by atoms with Crippen molar-refractivity contribution in [3.8, 4) is 5.75 Å². The lowest BCUT2D eigenvalue weighted by atomic mass is 10.1. The highest BCUT2D eigenvalue weighted by Gasteiger charge is 2.36. The van der Waals surface area contributed by atoms with E-state index in [2.05, 4.69) is 66.7 Å². The van der Waals surface area contributed by atoms with Crippen LogP contribution in [0.15, 0.2) is 124 Å². The van der Waals surface area contributed by atoms with E-state index in [1.54, 1.807) is 0 Å². The molecule has 3 aromatic carbocycles. The van der Waals surface area contributed by atoms with Crippen LogP contribution in [-0.4, -0.2) is 4.86 Å². The molecule has 132 valence electrons. The van der Waals surface area contributed by atoms with Crippen molar-refractivity contribution in [3.63, 3.8) is 0 Å². The maximum atomic E-state index is 6.27. The molecule has 0 atom stereocenters. The first kappa shape index (κ1) is 17.8. The Hall–Kier alpha value is -2.62. The van der Waals surface area contributed by atoms with Gasteiger partial charge in [0.25, 0.3) is 0 Å². The summed E-state index contributed by atoms with van der Waals surface area (Å²) in [4.78, 5) is 4.62. The van der Waals surface area contributed by atoms with Gasteiger partial charge in [0, 0.05) is 17.4 Å². The van der Waals surface area contributed by atoms with Crippen molar-refractivity contribution in [3.05, 3.63) is 114 Å². The molecule has 0 aromatic heterocycles. The molecule has 3 aromatic rings. The van der Waals surface area contributed by atoms with Gasteiger partial charge in [-0.15, -0.1) is 0 Å². The van der Waals surface area contributed by atoms with Crippen LogP contribution in [0.5, 0.6) is 5.75 Å². The van der Waals surface area contributed by atoms with Gasteiger partial charge in [-0.2, -0.15) is 0 Å². The second kappa shape index (κ2) is 8.38. The van der Waals surface area contributed by atoms with E-state index in [1.807, 2.05) is 36.4 Å². The maximum absolute atomic E-state index is 6.27. The number of ether oxygens (including phenoxy) is 1. The predicted molar refractivity (Wildman–Crippen MR) is 117 cm³/mol. The third-order valence-electron chi connectivity index (χ3n) is 4.17. The van der Waals surface area contributed by atoms with E-state index < -0.39 is 0 Å². The van der Waals surface area contributed by atoms with Crippen LogP contribution in [-0.2, 0) is 10.9 Å². The second-order valence-corrected chi connectivity index (χ2v) is 8.61. The number of hydrogen-bond donors (Lipinski definition) is 0. The third-order valence-corrected chi connectivity index (χ3v) is 6.75. The van der Waals surface area contributed by atoms with Crippen molar-refractivity contribution >= 4 is 28.0 Å². The van der Waals surface area contributed by atoms with Crippen molar-refractivity contribution in [1.29, 1.82) is 0 Å². The number of thiocarbonyl (C=S) groups is 1. The molecule has 0 unspecified atom stereocenters. The van der Waals surface area contributed by atoms with E-state index in [4.69, 9.17) is 17.0 Å². The topological polar surface area (TPSA) is 9.23 Å². The maximum Gasteiger partial charge on any atom is 0.205 e. The largest absolute Gasteiger partial charge is 0.452 e. The zero-order valence-corrected chi connectivity index (χ0v) is 16.4. The highest BCUT2D eigenvalue weighted by molar-refractivity contribution is 8.01. The van der Waals surface area contributed by atoms with E-state index in [9.17, 15) is 0 Å². The molecule has 0 saturated carbocycles. The summed E-state index contributed by atoms with van der Waals surface area (Å²) in [6.45, 7) is 0. The number of rotatable bonds is 5. The Morgan fingerprint density at radius 3 is 1.78 bits per heavy atom. The molecular weight excluding hydrogens is 368 g/mol. The Balaban J connectivity index is 1.78. The van der Waals surface area contributed by atoms with E-state index in [0.717, 1.165) is 22.8 Å². The average molecular weight is 388 g/mol. The molecule has 0 spiro atoms. The van der Waals surface area contributed by atoms with Crippen LogP contribution in [0.1, 0.15) is 6.42 Å². The van der Waals surface area contributed by atoms with Gasteiger partial charge in [0.2, 0.25) is 4.91 Å². The summed E-state index contributed by atoms with van der Waals surface area (Å²) in [7, 11) is -0.248. The minimum Gasteiger partial charge on any atom is -0.452 e. The van der Waals surface area contributed by atoms with E-state index in [0.29, 0.717) is 0 Å². The first-order valence-corrected chi connectivity index (χ1v) is 10.5. The van der Waals surface area contributed by atoms with Crippen LogP contribution < -0.4 is 4.74 Å². The predicted octanol–water partition coefficient (Wildman–Crippen LogP) is 6.34. The van der Waals surface area contributed by atoms with E-state index in [1.165, 1.54) is 14.7 Å². The molecule has 27 heavy (non-hydrogen) atoms. The molecule has 0 fully saturated rings. The first-order valence-electron chi connectivity index (χ1n) is 8.83. The van der Waals surface area contributed by atoms with Crippen molar-refractivity contribution in [2.24, 2.45) is 0 Å². The second-order valence-electron chi connectivity index (χ2n) is 6.09. The minimum absolute atomic E-state index is 0.248. The molecule has 0 aliphatic heterocycles. The lowest BCUT2D eigenvalue weighted by molar-refractivity contribution is 0.442. The molecule has 0 N–H and O–H groups in total. The van der Waals surface area contributed by atoms with Crippen LogP contribution in [0, 0.1) is 0 Å². The van der Waals surface area contributed by atoms with Gasteiger partial charge >= 0.3 is 0 Å². The lowest BCUT2D eigenvalue weighted by Crippen LogP contribution is -2.16. The molecule has 0 bridgehead atoms. The monoisotopic (exact) mass is 387 g/mol. The Morgan fingerprint density at radius 2 is 1.22 bits per heavy atom. The fraction of sp³-hybridized carbons (Fsp3) is 0.0417. The molecule has 0 saturated heterocycles. The van der Waals surface area contributed by atoms with Gasteiger partial charge in [-0.1, -0.05) is 66.8 Å². The summed E-state index contributed by atoms with van der Waals surface area (Å²) >= 11 is 5.47. The Bertz CT molecular complexity index is 937. The number of hydrogen-bond acceptors (Lipinski definition) is 2. The Kier molecular flexibility index (Phi) is 5.52. The lowest BCUT2D eigenvalue weighted by Gasteiger charge is -2.18. The summed E-state index contributed by atoms with van der Waals surface area (Å²) in [6.07, 6.45) is 5.00. The van der Waals surface area contributed by atoms with Gasteiger partial charge < -0.3 is 4.74 Å². The summed E-state index contributed by atoms with van der Waals surface area (Å²) in [6, 6.07) is 31.1. The molecule has 1 aliphatic rings. The average Bonchev–Trinajstić information content (AvgIpc) is 2.72. The van der Waals surface area contributed by atoms with Gasteiger partial charge in [-0.05, 0) is 42.5 Å². The normalized spacial score (nSPS) is 13.9. The number of allylic oxidation sites excluding steroid dienone is 2. The first-order chi connectivity index (χ1) is 13.3. The summed E-state index contributed by atoms with van der Waals surface area (Å²) in [5.74, 6) is 1.66.